The van der Waals surface area contributed by atoms with Gasteiger partial charge < -0.3 is 20.1 Å². The molecule has 1 aliphatic carbocycles. The van der Waals surface area contributed by atoms with Gasteiger partial charge in [0.1, 0.15) is 0 Å². The van der Waals surface area contributed by atoms with Crippen molar-refractivity contribution in [3.05, 3.63) is 0 Å². The summed E-state index contributed by atoms with van der Waals surface area (Å²) in [6, 6.07) is 0.830. The van der Waals surface area contributed by atoms with Gasteiger partial charge in [-0.25, -0.2) is 0 Å². The Hall–Kier alpha value is -0.160. The predicted octanol–water partition coefficient (Wildman–Crippen LogP) is 0.458. The molecule has 0 spiro atoms. The van der Waals surface area contributed by atoms with Crippen molar-refractivity contribution in [1.29, 1.82) is 0 Å². The molecule has 0 aromatic carbocycles. The number of likely N-dealkylation sites (tertiary alicyclic amines) is 1. The van der Waals surface area contributed by atoms with Crippen LogP contribution >= 0.6 is 0 Å². The third-order valence-electron chi connectivity index (χ3n) is 3.81. The van der Waals surface area contributed by atoms with Crippen LogP contribution in [-0.4, -0.2) is 62.0 Å². The van der Waals surface area contributed by atoms with E-state index in [2.05, 4.69) is 10.2 Å². The first kappa shape index (κ1) is 13.3. The fourth-order valence-electron chi connectivity index (χ4n) is 2.54. The van der Waals surface area contributed by atoms with E-state index in [1.54, 1.807) is 7.11 Å². The number of β-amino-alcohol motifs (C(OH)–C–C–N with tert-alkyl or cyclic N) is 1. The lowest BCUT2D eigenvalue weighted by Crippen LogP contribution is -2.42. The van der Waals surface area contributed by atoms with Crippen molar-refractivity contribution in [2.75, 3.05) is 39.9 Å². The number of hydrogen-bond acceptors (Lipinski definition) is 4. The lowest BCUT2D eigenvalue weighted by molar-refractivity contribution is 0.0292. The number of aliphatic hydroxyl groups excluding tert-OH is 1. The Morgan fingerprint density at radius 2 is 2.00 bits per heavy atom. The van der Waals surface area contributed by atoms with Gasteiger partial charge in [-0.1, -0.05) is 0 Å². The number of nitrogens with one attached hydrogen (secondary N) is 1. The minimum Gasteiger partial charge on any atom is -0.389 e. The highest BCUT2D eigenvalue weighted by Gasteiger charge is 2.24. The molecule has 1 saturated carbocycles. The molecular weight excluding hydrogens is 216 g/mol. The topological polar surface area (TPSA) is 44.7 Å². The number of nitrogens with zero attached hydrogens (tertiary/aromatic N) is 1. The van der Waals surface area contributed by atoms with Crippen molar-refractivity contribution < 1.29 is 9.84 Å². The van der Waals surface area contributed by atoms with Crippen molar-refractivity contribution in [3.8, 4) is 0 Å². The first-order valence-electron chi connectivity index (χ1n) is 6.90. The zero-order valence-corrected chi connectivity index (χ0v) is 10.9. The predicted molar refractivity (Wildman–Crippen MR) is 68.1 cm³/mol. The van der Waals surface area contributed by atoms with Gasteiger partial charge in [-0.05, 0) is 51.2 Å². The highest BCUT2D eigenvalue weighted by atomic mass is 16.5. The third-order valence-corrected chi connectivity index (χ3v) is 3.81. The molecule has 0 aromatic heterocycles. The molecule has 1 aliphatic heterocycles. The molecule has 2 aliphatic rings. The molecule has 1 saturated heterocycles. The summed E-state index contributed by atoms with van der Waals surface area (Å²) >= 11 is 0. The second-order valence-electron chi connectivity index (χ2n) is 5.54. The molecule has 100 valence electrons. The van der Waals surface area contributed by atoms with E-state index in [0.29, 0.717) is 6.61 Å². The van der Waals surface area contributed by atoms with E-state index in [4.69, 9.17) is 4.74 Å². The van der Waals surface area contributed by atoms with Crippen LogP contribution in [0.4, 0.5) is 0 Å². The van der Waals surface area contributed by atoms with Crippen molar-refractivity contribution >= 4 is 0 Å². The Bertz CT molecular complexity index is 213. The Morgan fingerprint density at radius 1 is 1.29 bits per heavy atom. The Kier molecular flexibility index (Phi) is 5.22. The second kappa shape index (κ2) is 6.69. The average Bonchev–Trinajstić information content (AvgIpc) is 3.12. The van der Waals surface area contributed by atoms with Gasteiger partial charge in [0.25, 0.3) is 0 Å². The lowest BCUT2D eigenvalue weighted by Gasteiger charge is -2.33. The van der Waals surface area contributed by atoms with Crippen molar-refractivity contribution in [2.45, 2.75) is 37.8 Å². The van der Waals surface area contributed by atoms with Crippen LogP contribution in [0.15, 0.2) is 0 Å². The highest BCUT2D eigenvalue weighted by Crippen LogP contribution is 2.21. The van der Waals surface area contributed by atoms with Crippen molar-refractivity contribution in [3.63, 3.8) is 0 Å². The number of rotatable bonds is 7. The van der Waals surface area contributed by atoms with Crippen LogP contribution in [0, 0.1) is 5.92 Å². The van der Waals surface area contributed by atoms with E-state index in [1.807, 2.05) is 0 Å². The number of aliphatic hydroxyl groups is 1. The molecule has 0 bridgehead atoms. The summed E-state index contributed by atoms with van der Waals surface area (Å²) in [5, 5.41) is 13.3. The van der Waals surface area contributed by atoms with Crippen LogP contribution in [0.25, 0.3) is 0 Å². The summed E-state index contributed by atoms with van der Waals surface area (Å²) in [4.78, 5) is 2.36. The van der Waals surface area contributed by atoms with Gasteiger partial charge in [0.05, 0.1) is 12.7 Å². The second-order valence-corrected chi connectivity index (χ2v) is 5.54. The minimum atomic E-state index is -0.332. The van der Waals surface area contributed by atoms with E-state index >= 15 is 0 Å². The molecule has 1 heterocycles. The summed E-state index contributed by atoms with van der Waals surface area (Å²) in [5.41, 5.74) is 0. The maximum Gasteiger partial charge on any atom is 0.0900 e. The van der Waals surface area contributed by atoms with E-state index in [1.165, 1.54) is 32.2 Å². The monoisotopic (exact) mass is 242 g/mol. The minimum absolute atomic E-state index is 0.332. The summed E-state index contributed by atoms with van der Waals surface area (Å²) in [5.74, 6) is 0.839. The molecule has 2 fully saturated rings. The van der Waals surface area contributed by atoms with Crippen LogP contribution < -0.4 is 5.32 Å². The molecule has 4 heteroatoms. The Labute approximate surface area is 104 Å². The Balaban J connectivity index is 1.56. The number of methoxy groups -OCH3 is 1. The Morgan fingerprint density at radius 3 is 2.59 bits per heavy atom. The number of piperidine rings is 1. The molecule has 2 N–H and O–H groups in total. The number of hydrogen-bond donors (Lipinski definition) is 2. The van der Waals surface area contributed by atoms with E-state index in [9.17, 15) is 5.11 Å². The molecule has 2 rings (SSSR count). The van der Waals surface area contributed by atoms with Gasteiger partial charge in [-0.3, -0.25) is 0 Å². The summed E-state index contributed by atoms with van der Waals surface area (Å²) in [6.07, 6.45) is 4.95. The zero-order chi connectivity index (χ0) is 12.1. The van der Waals surface area contributed by atoms with Crippen LogP contribution in [0.3, 0.4) is 0 Å². The van der Waals surface area contributed by atoms with Crippen LogP contribution in [0.1, 0.15) is 25.7 Å². The van der Waals surface area contributed by atoms with Crippen molar-refractivity contribution in [2.24, 2.45) is 5.92 Å². The van der Waals surface area contributed by atoms with Crippen LogP contribution in [-0.2, 0) is 4.74 Å². The summed E-state index contributed by atoms with van der Waals surface area (Å²) < 4.78 is 4.95. The first-order chi connectivity index (χ1) is 8.28. The molecule has 1 unspecified atom stereocenters. The fraction of sp³-hybridized carbons (Fsp3) is 1.00. The normalized spacial score (nSPS) is 25.1. The standard InChI is InChI=1S/C13H26N2O2/c1-17-10-13(16)9-15-6-4-11(5-7-15)8-14-12-2-3-12/h11-14,16H,2-10H2,1H3. The summed E-state index contributed by atoms with van der Waals surface area (Å²) in [6.45, 7) is 4.65. The highest BCUT2D eigenvalue weighted by molar-refractivity contribution is 4.83. The van der Waals surface area contributed by atoms with E-state index < -0.39 is 0 Å². The average molecular weight is 242 g/mol. The van der Waals surface area contributed by atoms with E-state index in [-0.39, 0.29) is 6.10 Å². The van der Waals surface area contributed by atoms with Gasteiger partial charge in [-0.15, -0.1) is 0 Å². The number of ether oxygens (including phenoxy) is 1. The fourth-order valence-corrected chi connectivity index (χ4v) is 2.54. The molecule has 1 atom stereocenters. The van der Waals surface area contributed by atoms with Gasteiger partial charge in [0.2, 0.25) is 0 Å². The molecule has 17 heavy (non-hydrogen) atoms. The van der Waals surface area contributed by atoms with Gasteiger partial charge in [0.15, 0.2) is 0 Å². The molecular formula is C13H26N2O2. The maximum absolute atomic E-state index is 9.67. The largest absolute Gasteiger partial charge is 0.389 e. The SMILES string of the molecule is COCC(O)CN1CCC(CNC2CC2)CC1. The molecule has 0 radical (unpaired) electrons. The first-order valence-corrected chi connectivity index (χ1v) is 6.90. The third kappa shape index (κ3) is 4.92. The van der Waals surface area contributed by atoms with Gasteiger partial charge >= 0.3 is 0 Å². The smallest absolute Gasteiger partial charge is 0.0900 e. The van der Waals surface area contributed by atoms with Gasteiger partial charge in [-0.2, -0.15) is 0 Å². The molecule has 0 aromatic rings. The van der Waals surface area contributed by atoms with Crippen LogP contribution in [0.2, 0.25) is 0 Å². The van der Waals surface area contributed by atoms with Crippen LogP contribution in [0.5, 0.6) is 0 Å². The molecule has 0 amide bonds. The lowest BCUT2D eigenvalue weighted by atomic mass is 9.96. The van der Waals surface area contributed by atoms with Crippen molar-refractivity contribution in [1.82, 2.24) is 10.2 Å². The van der Waals surface area contributed by atoms with E-state index in [0.717, 1.165) is 31.6 Å². The zero-order valence-electron chi connectivity index (χ0n) is 10.9. The summed E-state index contributed by atoms with van der Waals surface area (Å²) in [7, 11) is 1.64. The molecule has 4 nitrogen and oxygen atoms in total. The maximum atomic E-state index is 9.67. The van der Waals surface area contributed by atoms with Gasteiger partial charge in [0, 0.05) is 19.7 Å². The quantitative estimate of drug-likeness (QED) is 0.681.